The van der Waals surface area contributed by atoms with Crippen molar-refractivity contribution >= 4 is 18.8 Å². The summed E-state index contributed by atoms with van der Waals surface area (Å²) in [6, 6.07) is 12.5. The molecular formula is C16H14F3OP. The predicted octanol–water partition coefficient (Wildman–Crippen LogP) is 4.77. The van der Waals surface area contributed by atoms with Crippen LogP contribution in [-0.4, -0.2) is 11.4 Å². The molecule has 2 aromatic rings. The average molecular weight is 310 g/mol. The van der Waals surface area contributed by atoms with Gasteiger partial charge in [0, 0.05) is 5.56 Å². The summed E-state index contributed by atoms with van der Waals surface area (Å²) in [5.41, 5.74) is 0.454. The van der Waals surface area contributed by atoms with Crippen LogP contribution >= 0.6 is 7.92 Å². The summed E-state index contributed by atoms with van der Waals surface area (Å²) in [5.74, 6) is -4.55. The fourth-order valence-electron chi connectivity index (χ4n) is 2.03. The summed E-state index contributed by atoms with van der Waals surface area (Å²) < 4.78 is 40.4. The standard InChI is InChI=1S/C16H14F3OP/c1-11-8-9-12(2)14(10-11)21(16(17,18)19)15(20)13-6-4-3-5-7-13/h3-10H,1-2H3. The maximum absolute atomic E-state index is 13.5. The summed E-state index contributed by atoms with van der Waals surface area (Å²) in [6.45, 7) is 3.33. The van der Waals surface area contributed by atoms with Crippen LogP contribution < -0.4 is 5.30 Å². The van der Waals surface area contributed by atoms with Gasteiger partial charge in [-0.25, -0.2) is 0 Å². The lowest BCUT2D eigenvalue weighted by Crippen LogP contribution is -2.23. The van der Waals surface area contributed by atoms with Crippen LogP contribution in [0.15, 0.2) is 48.5 Å². The zero-order chi connectivity index (χ0) is 15.6. The molecule has 0 bridgehead atoms. The summed E-state index contributed by atoms with van der Waals surface area (Å²) in [7, 11) is -2.91. The molecule has 2 rings (SSSR count). The smallest absolute Gasteiger partial charge is 0.288 e. The largest absolute Gasteiger partial charge is 0.416 e. The lowest BCUT2D eigenvalue weighted by molar-refractivity contribution is -0.0384. The van der Waals surface area contributed by atoms with Crippen molar-refractivity contribution in [2.45, 2.75) is 19.8 Å². The van der Waals surface area contributed by atoms with Gasteiger partial charge in [-0.05, 0) is 24.7 Å². The van der Waals surface area contributed by atoms with E-state index in [2.05, 4.69) is 0 Å². The number of carbonyl (C=O) groups excluding carboxylic acids is 1. The molecule has 1 unspecified atom stereocenters. The van der Waals surface area contributed by atoms with Crippen LogP contribution in [0.1, 0.15) is 21.5 Å². The average Bonchev–Trinajstić information content (AvgIpc) is 2.42. The van der Waals surface area contributed by atoms with E-state index in [1.807, 2.05) is 0 Å². The Balaban J connectivity index is 2.55. The third-order valence-corrected chi connectivity index (χ3v) is 5.22. The van der Waals surface area contributed by atoms with Crippen LogP contribution in [-0.2, 0) is 0 Å². The highest BCUT2D eigenvalue weighted by molar-refractivity contribution is 7.83. The molecule has 2 aromatic carbocycles. The van der Waals surface area contributed by atoms with Gasteiger partial charge in [-0.1, -0.05) is 54.1 Å². The fourth-order valence-corrected chi connectivity index (χ4v) is 3.92. The predicted molar refractivity (Wildman–Crippen MR) is 79.3 cm³/mol. The summed E-state index contributed by atoms with van der Waals surface area (Å²) in [6.07, 6.45) is 0. The summed E-state index contributed by atoms with van der Waals surface area (Å²) in [5, 5.41) is 0.0892. The Morgan fingerprint density at radius 3 is 2.19 bits per heavy atom. The number of alkyl halides is 3. The number of aryl methyl sites for hydroxylation is 2. The summed E-state index contributed by atoms with van der Waals surface area (Å²) in [4.78, 5) is 12.4. The minimum absolute atomic E-state index is 0.0892. The molecule has 0 radical (unpaired) electrons. The first-order chi connectivity index (χ1) is 9.80. The molecular weight excluding hydrogens is 296 g/mol. The second-order valence-corrected chi connectivity index (χ2v) is 6.83. The Kier molecular flexibility index (Phi) is 4.48. The molecule has 0 aliphatic heterocycles. The molecule has 0 saturated heterocycles. The van der Waals surface area contributed by atoms with Crippen molar-refractivity contribution < 1.29 is 18.0 Å². The molecule has 0 fully saturated rings. The maximum atomic E-state index is 13.5. The quantitative estimate of drug-likeness (QED) is 0.746. The van der Waals surface area contributed by atoms with Crippen molar-refractivity contribution in [3.05, 3.63) is 65.2 Å². The van der Waals surface area contributed by atoms with Gasteiger partial charge < -0.3 is 0 Å². The van der Waals surface area contributed by atoms with Gasteiger partial charge in [0.25, 0.3) is 0 Å². The first-order valence-electron chi connectivity index (χ1n) is 6.34. The number of halogens is 3. The maximum Gasteiger partial charge on any atom is 0.416 e. The van der Waals surface area contributed by atoms with Crippen LogP contribution in [0.5, 0.6) is 0 Å². The van der Waals surface area contributed by atoms with E-state index in [1.165, 1.54) is 18.2 Å². The van der Waals surface area contributed by atoms with E-state index in [4.69, 9.17) is 0 Å². The zero-order valence-corrected chi connectivity index (χ0v) is 12.5. The lowest BCUT2D eigenvalue weighted by atomic mass is 10.2. The Morgan fingerprint density at radius 2 is 1.62 bits per heavy atom. The molecule has 21 heavy (non-hydrogen) atoms. The van der Waals surface area contributed by atoms with Crippen LogP contribution in [0.2, 0.25) is 0 Å². The molecule has 0 aliphatic carbocycles. The van der Waals surface area contributed by atoms with Gasteiger partial charge in [-0.2, -0.15) is 13.2 Å². The topological polar surface area (TPSA) is 17.1 Å². The van der Waals surface area contributed by atoms with Crippen molar-refractivity contribution in [1.29, 1.82) is 0 Å². The first-order valence-corrected chi connectivity index (χ1v) is 7.68. The van der Waals surface area contributed by atoms with Crippen molar-refractivity contribution in [1.82, 2.24) is 0 Å². The Labute approximate surface area is 122 Å². The van der Waals surface area contributed by atoms with E-state index in [1.54, 1.807) is 44.2 Å². The highest BCUT2D eigenvalue weighted by Gasteiger charge is 2.46. The van der Waals surface area contributed by atoms with Gasteiger partial charge in [-0.3, -0.25) is 4.79 Å². The van der Waals surface area contributed by atoms with Crippen LogP contribution in [0.3, 0.4) is 0 Å². The molecule has 0 aliphatic rings. The number of hydrogen-bond donors (Lipinski definition) is 0. The summed E-state index contributed by atoms with van der Waals surface area (Å²) >= 11 is 0. The second kappa shape index (κ2) is 5.98. The number of rotatable bonds is 3. The minimum Gasteiger partial charge on any atom is -0.288 e. The molecule has 110 valence electrons. The normalized spacial score (nSPS) is 13.0. The molecule has 0 amide bonds. The van der Waals surface area contributed by atoms with Crippen molar-refractivity contribution in [2.75, 3.05) is 0 Å². The van der Waals surface area contributed by atoms with E-state index in [0.717, 1.165) is 0 Å². The minimum atomic E-state index is -4.55. The number of carbonyl (C=O) groups is 1. The van der Waals surface area contributed by atoms with E-state index < -0.39 is 19.4 Å². The van der Waals surface area contributed by atoms with Gasteiger partial charge in [0.05, 0.1) is 0 Å². The first kappa shape index (κ1) is 15.7. The molecule has 0 heterocycles. The van der Waals surface area contributed by atoms with Crippen molar-refractivity contribution in [2.24, 2.45) is 0 Å². The van der Waals surface area contributed by atoms with Crippen LogP contribution in [0.25, 0.3) is 0 Å². The highest BCUT2D eigenvalue weighted by atomic mass is 31.1. The highest BCUT2D eigenvalue weighted by Crippen LogP contribution is 2.55. The van der Waals surface area contributed by atoms with Crippen molar-refractivity contribution in [3.63, 3.8) is 0 Å². The molecule has 0 aromatic heterocycles. The Bertz CT molecular complexity index is 650. The van der Waals surface area contributed by atoms with Crippen LogP contribution in [0.4, 0.5) is 13.2 Å². The number of hydrogen-bond acceptors (Lipinski definition) is 1. The molecule has 1 atom stereocenters. The second-order valence-electron chi connectivity index (χ2n) is 4.76. The van der Waals surface area contributed by atoms with Gasteiger partial charge in [0.1, 0.15) is 7.92 Å². The SMILES string of the molecule is Cc1ccc(C)c(P(C(=O)c2ccccc2)C(F)(F)F)c1. The lowest BCUT2D eigenvalue weighted by Gasteiger charge is -2.21. The Morgan fingerprint density at radius 1 is 1.00 bits per heavy atom. The molecule has 0 saturated carbocycles. The third kappa shape index (κ3) is 3.51. The van der Waals surface area contributed by atoms with E-state index in [0.29, 0.717) is 11.1 Å². The third-order valence-electron chi connectivity index (χ3n) is 3.08. The number of benzene rings is 2. The zero-order valence-electron chi connectivity index (χ0n) is 11.6. The van der Waals surface area contributed by atoms with E-state index in [-0.39, 0.29) is 10.9 Å². The molecule has 0 N–H and O–H groups in total. The molecule has 5 heteroatoms. The van der Waals surface area contributed by atoms with E-state index >= 15 is 0 Å². The van der Waals surface area contributed by atoms with Gasteiger partial charge in [-0.15, -0.1) is 0 Å². The Hall–Kier alpha value is -1.67. The molecule has 1 nitrogen and oxygen atoms in total. The monoisotopic (exact) mass is 310 g/mol. The molecule has 0 spiro atoms. The van der Waals surface area contributed by atoms with Gasteiger partial charge >= 0.3 is 5.92 Å². The van der Waals surface area contributed by atoms with Gasteiger partial charge in [0.2, 0.25) is 0 Å². The van der Waals surface area contributed by atoms with Crippen molar-refractivity contribution in [3.8, 4) is 0 Å². The van der Waals surface area contributed by atoms with Gasteiger partial charge in [0.15, 0.2) is 5.52 Å². The fraction of sp³-hybridized carbons (Fsp3) is 0.188. The van der Waals surface area contributed by atoms with Crippen LogP contribution in [0, 0.1) is 13.8 Å². The van der Waals surface area contributed by atoms with E-state index in [9.17, 15) is 18.0 Å².